The van der Waals surface area contributed by atoms with Crippen LogP contribution in [0.15, 0.2) is 12.2 Å². The summed E-state index contributed by atoms with van der Waals surface area (Å²) in [6, 6.07) is 0. The van der Waals surface area contributed by atoms with Crippen LogP contribution in [0.1, 0.15) is 26.2 Å². The molecule has 0 aromatic heterocycles. The van der Waals surface area contributed by atoms with Crippen molar-refractivity contribution in [3.05, 3.63) is 12.2 Å². The van der Waals surface area contributed by atoms with Crippen molar-refractivity contribution in [2.24, 2.45) is 0 Å². The van der Waals surface area contributed by atoms with E-state index in [0.717, 1.165) is 19.3 Å². The van der Waals surface area contributed by atoms with Crippen molar-refractivity contribution in [2.45, 2.75) is 26.2 Å². The van der Waals surface area contributed by atoms with Crippen molar-refractivity contribution in [1.29, 1.82) is 0 Å². The Hall–Kier alpha value is 0.650. The van der Waals surface area contributed by atoms with Crippen LogP contribution in [-0.4, -0.2) is 18.7 Å². The average Bonchev–Trinajstić information content (AvgIpc) is 1.85. The topological polar surface area (TPSA) is 57.2 Å². The Balaban J connectivity index is 0. The predicted molar refractivity (Wildman–Crippen MR) is 43.2 cm³/mol. The van der Waals surface area contributed by atoms with Gasteiger partial charge in [-0.3, -0.25) is 0 Å². The first-order valence-electron chi connectivity index (χ1n) is 3.65. The standard InChI is InChI=1S/C7H14O3S.Na/c1-2-3-4-5-6-7-11(8,9)10;/h5-6H,2-4,7H2,1H3,(H,8,9,10);/q;+1/p-1. The first-order chi connectivity index (χ1) is 5.06. The van der Waals surface area contributed by atoms with E-state index in [2.05, 4.69) is 6.92 Å². The van der Waals surface area contributed by atoms with Gasteiger partial charge in [0.15, 0.2) is 0 Å². The molecule has 0 amide bonds. The molecule has 0 aliphatic rings. The summed E-state index contributed by atoms with van der Waals surface area (Å²) < 4.78 is 30.2. The molecule has 0 rings (SSSR count). The second-order valence-electron chi connectivity index (χ2n) is 2.34. The largest absolute Gasteiger partial charge is 1.00 e. The molecular weight excluding hydrogens is 187 g/mol. The molecule has 0 unspecified atom stereocenters. The number of rotatable bonds is 5. The van der Waals surface area contributed by atoms with E-state index in [4.69, 9.17) is 0 Å². The molecule has 3 nitrogen and oxygen atoms in total. The Labute approximate surface area is 96.3 Å². The van der Waals surface area contributed by atoms with Crippen molar-refractivity contribution in [3.8, 4) is 0 Å². The molecular formula is C7H13NaO3S. The van der Waals surface area contributed by atoms with Crippen LogP contribution in [0.2, 0.25) is 0 Å². The van der Waals surface area contributed by atoms with Gasteiger partial charge < -0.3 is 4.55 Å². The van der Waals surface area contributed by atoms with Gasteiger partial charge in [-0.15, -0.1) is 0 Å². The van der Waals surface area contributed by atoms with Gasteiger partial charge in [-0.1, -0.05) is 31.9 Å². The monoisotopic (exact) mass is 200 g/mol. The molecule has 0 aliphatic carbocycles. The second kappa shape index (κ2) is 8.26. The molecule has 0 saturated heterocycles. The van der Waals surface area contributed by atoms with Gasteiger partial charge in [0.1, 0.15) is 0 Å². The van der Waals surface area contributed by atoms with Crippen LogP contribution >= 0.6 is 0 Å². The van der Waals surface area contributed by atoms with Crippen LogP contribution in [0, 0.1) is 0 Å². The molecule has 0 N–H and O–H groups in total. The van der Waals surface area contributed by atoms with Gasteiger partial charge in [-0.25, -0.2) is 8.42 Å². The molecule has 0 atom stereocenters. The van der Waals surface area contributed by atoms with Crippen LogP contribution in [-0.2, 0) is 10.1 Å². The Morgan fingerprint density at radius 3 is 2.33 bits per heavy atom. The van der Waals surface area contributed by atoms with E-state index in [1.807, 2.05) is 0 Å². The Morgan fingerprint density at radius 2 is 1.92 bits per heavy atom. The molecule has 0 aliphatic heterocycles. The summed E-state index contributed by atoms with van der Waals surface area (Å²) in [5, 5.41) is 0. The minimum absolute atomic E-state index is 0. The van der Waals surface area contributed by atoms with E-state index in [1.54, 1.807) is 6.08 Å². The van der Waals surface area contributed by atoms with Gasteiger partial charge in [-0.05, 0) is 6.42 Å². The smallest absolute Gasteiger partial charge is 0.748 e. The van der Waals surface area contributed by atoms with Gasteiger partial charge in [0.2, 0.25) is 0 Å². The molecule has 66 valence electrons. The van der Waals surface area contributed by atoms with Crippen LogP contribution in [0.3, 0.4) is 0 Å². The normalized spacial score (nSPS) is 11.5. The third-order valence-electron chi connectivity index (χ3n) is 1.19. The summed E-state index contributed by atoms with van der Waals surface area (Å²) in [5.74, 6) is -0.378. The molecule has 0 bridgehead atoms. The Kier molecular flexibility index (Phi) is 10.4. The van der Waals surface area contributed by atoms with Crippen molar-refractivity contribution in [1.82, 2.24) is 0 Å². The van der Waals surface area contributed by atoms with E-state index in [0.29, 0.717) is 0 Å². The van der Waals surface area contributed by atoms with Gasteiger partial charge in [-0.2, -0.15) is 0 Å². The molecule has 0 fully saturated rings. The SMILES string of the molecule is CCCCC=CCS(=O)(=O)[O-].[Na+]. The summed E-state index contributed by atoms with van der Waals surface area (Å²) in [6.07, 6.45) is 6.12. The second-order valence-corrected chi connectivity index (χ2v) is 3.79. The van der Waals surface area contributed by atoms with Gasteiger partial charge >= 0.3 is 29.6 Å². The summed E-state index contributed by atoms with van der Waals surface area (Å²) >= 11 is 0. The quantitative estimate of drug-likeness (QED) is 0.230. The first-order valence-corrected chi connectivity index (χ1v) is 5.22. The van der Waals surface area contributed by atoms with Crippen molar-refractivity contribution >= 4 is 10.1 Å². The average molecular weight is 200 g/mol. The fourth-order valence-electron chi connectivity index (χ4n) is 0.626. The number of hydrogen-bond donors (Lipinski definition) is 0. The summed E-state index contributed by atoms with van der Waals surface area (Å²) in [5.41, 5.74) is 0. The minimum Gasteiger partial charge on any atom is -0.748 e. The Morgan fingerprint density at radius 1 is 1.33 bits per heavy atom. The van der Waals surface area contributed by atoms with Crippen molar-refractivity contribution < 1.29 is 42.5 Å². The third-order valence-corrected chi connectivity index (χ3v) is 1.79. The molecule has 0 aromatic carbocycles. The van der Waals surface area contributed by atoms with E-state index < -0.39 is 10.1 Å². The maximum atomic E-state index is 10.1. The zero-order valence-electron chi connectivity index (χ0n) is 7.62. The zero-order valence-corrected chi connectivity index (χ0v) is 10.4. The summed E-state index contributed by atoms with van der Waals surface area (Å²) in [4.78, 5) is 0. The number of hydrogen-bond acceptors (Lipinski definition) is 3. The van der Waals surface area contributed by atoms with E-state index >= 15 is 0 Å². The van der Waals surface area contributed by atoms with Gasteiger partial charge in [0.25, 0.3) is 0 Å². The fraction of sp³-hybridized carbons (Fsp3) is 0.714. The predicted octanol–water partition coefficient (Wildman–Crippen LogP) is -1.72. The van der Waals surface area contributed by atoms with E-state index in [9.17, 15) is 13.0 Å². The number of unbranched alkanes of at least 4 members (excludes halogenated alkanes) is 2. The Bertz CT molecular complexity index is 209. The van der Waals surface area contributed by atoms with Crippen molar-refractivity contribution in [2.75, 3.05) is 5.75 Å². The van der Waals surface area contributed by atoms with Gasteiger partial charge in [0, 0.05) is 0 Å². The van der Waals surface area contributed by atoms with Gasteiger partial charge in [0.05, 0.1) is 15.9 Å². The molecule has 0 spiro atoms. The molecule has 5 heteroatoms. The molecule has 0 saturated carbocycles. The molecule has 12 heavy (non-hydrogen) atoms. The van der Waals surface area contributed by atoms with Crippen molar-refractivity contribution in [3.63, 3.8) is 0 Å². The summed E-state index contributed by atoms with van der Waals surface area (Å²) in [7, 11) is -4.05. The first kappa shape index (κ1) is 15.1. The molecule has 0 radical (unpaired) electrons. The maximum absolute atomic E-state index is 10.1. The van der Waals surface area contributed by atoms with Crippen LogP contribution in [0.25, 0.3) is 0 Å². The number of allylic oxidation sites excluding steroid dienone is 1. The van der Waals surface area contributed by atoms with Crippen LogP contribution in [0.5, 0.6) is 0 Å². The minimum atomic E-state index is -4.05. The van der Waals surface area contributed by atoms with E-state index in [1.165, 1.54) is 6.08 Å². The van der Waals surface area contributed by atoms with Crippen LogP contribution in [0.4, 0.5) is 0 Å². The molecule has 0 heterocycles. The fourth-order valence-corrected chi connectivity index (χ4v) is 0.998. The maximum Gasteiger partial charge on any atom is 1.00 e. The summed E-state index contributed by atoms with van der Waals surface area (Å²) in [6.45, 7) is 2.05. The zero-order chi connectivity index (χ0) is 8.74. The van der Waals surface area contributed by atoms with Crippen LogP contribution < -0.4 is 29.6 Å². The third kappa shape index (κ3) is 13.3. The molecule has 0 aromatic rings. The van der Waals surface area contributed by atoms with E-state index in [-0.39, 0.29) is 35.3 Å².